The summed E-state index contributed by atoms with van der Waals surface area (Å²) in [6.45, 7) is -0.282. The van der Waals surface area contributed by atoms with Crippen LogP contribution in [0.1, 0.15) is 10.4 Å². The van der Waals surface area contributed by atoms with E-state index in [9.17, 15) is 9.59 Å². The van der Waals surface area contributed by atoms with Gasteiger partial charge in [-0.25, -0.2) is 4.79 Å². The normalized spacial score (nSPS) is 10.7. The number of ether oxygens (including phenoxy) is 4. The van der Waals surface area contributed by atoms with E-state index in [1.807, 2.05) is 30.3 Å². The van der Waals surface area contributed by atoms with Gasteiger partial charge in [0.2, 0.25) is 0 Å². The Kier molecular flexibility index (Phi) is 5.85. The third-order valence-corrected chi connectivity index (χ3v) is 4.92. The molecule has 8 nitrogen and oxygen atoms in total. The molecule has 8 heteroatoms. The predicted octanol–water partition coefficient (Wildman–Crippen LogP) is 4.41. The molecule has 0 bridgehead atoms. The second kappa shape index (κ2) is 8.89. The van der Waals surface area contributed by atoms with Gasteiger partial charge in [-0.1, -0.05) is 18.2 Å². The molecule has 0 radical (unpaired) electrons. The Labute approximate surface area is 183 Å². The van der Waals surface area contributed by atoms with Gasteiger partial charge in [-0.05, 0) is 30.3 Å². The van der Waals surface area contributed by atoms with Crippen molar-refractivity contribution in [3.63, 3.8) is 0 Å². The second-order valence-electron chi connectivity index (χ2n) is 6.84. The van der Waals surface area contributed by atoms with E-state index >= 15 is 0 Å². The minimum Gasteiger partial charge on any atom is -0.495 e. The Bertz CT molecular complexity index is 1310. The molecule has 0 saturated heterocycles. The molecule has 0 spiro atoms. The summed E-state index contributed by atoms with van der Waals surface area (Å²) in [6, 6.07) is 15.8. The summed E-state index contributed by atoms with van der Waals surface area (Å²) in [5.74, 6) is 0.216. The molecule has 1 amide bonds. The van der Waals surface area contributed by atoms with Crippen LogP contribution in [0.2, 0.25) is 0 Å². The van der Waals surface area contributed by atoms with Crippen LogP contribution in [-0.2, 0) is 9.53 Å². The fourth-order valence-electron chi connectivity index (χ4n) is 3.38. The molecule has 32 heavy (non-hydrogen) atoms. The number of rotatable bonds is 7. The number of carbonyl (C=O) groups is 2. The van der Waals surface area contributed by atoms with Gasteiger partial charge in [0, 0.05) is 16.8 Å². The Morgan fingerprint density at radius 3 is 2.38 bits per heavy atom. The number of carbonyl (C=O) groups excluding carboxylic acids is 2. The van der Waals surface area contributed by atoms with Gasteiger partial charge in [-0.15, -0.1) is 0 Å². The highest BCUT2D eigenvalue weighted by Crippen LogP contribution is 2.36. The molecular weight excluding hydrogens is 414 g/mol. The first-order valence-corrected chi connectivity index (χ1v) is 9.72. The monoisotopic (exact) mass is 435 g/mol. The molecule has 1 aromatic heterocycles. The Morgan fingerprint density at radius 2 is 1.62 bits per heavy atom. The number of esters is 1. The van der Waals surface area contributed by atoms with E-state index in [-0.39, 0.29) is 6.61 Å². The average molecular weight is 435 g/mol. The zero-order valence-corrected chi connectivity index (χ0v) is 17.8. The van der Waals surface area contributed by atoms with Crippen molar-refractivity contribution in [2.24, 2.45) is 0 Å². The summed E-state index contributed by atoms with van der Waals surface area (Å²) in [7, 11) is 4.26. The van der Waals surface area contributed by atoms with E-state index in [0.717, 1.165) is 16.4 Å². The van der Waals surface area contributed by atoms with E-state index in [2.05, 4.69) is 5.32 Å². The number of para-hydroxylation sites is 1. The lowest BCUT2D eigenvalue weighted by molar-refractivity contribution is -0.118. The summed E-state index contributed by atoms with van der Waals surface area (Å²) >= 11 is 0. The number of methoxy groups -OCH3 is 3. The first-order chi connectivity index (χ1) is 15.5. The standard InChI is InChI=1S/C24H21NO7/c1-28-21-11-16-15-6-4-5-7-18(15)32-20(16)12-17(21)25-23(26)13-31-19-9-8-14(24(27)30-3)10-22(19)29-2/h4-12H,13H2,1-3H3,(H,25,26). The molecule has 0 fully saturated rings. The van der Waals surface area contributed by atoms with E-state index < -0.39 is 11.9 Å². The number of nitrogens with one attached hydrogen (secondary N) is 1. The van der Waals surface area contributed by atoms with Crippen LogP contribution in [0.3, 0.4) is 0 Å². The minimum atomic E-state index is -0.499. The van der Waals surface area contributed by atoms with Crippen LogP contribution >= 0.6 is 0 Å². The first-order valence-electron chi connectivity index (χ1n) is 9.72. The molecule has 4 rings (SSSR count). The quantitative estimate of drug-likeness (QED) is 0.430. The van der Waals surface area contributed by atoms with Crippen LogP contribution in [0.15, 0.2) is 59.0 Å². The number of amides is 1. The molecule has 0 atom stereocenters. The highest BCUT2D eigenvalue weighted by Gasteiger charge is 2.16. The number of fused-ring (bicyclic) bond motifs is 3. The van der Waals surface area contributed by atoms with Crippen molar-refractivity contribution >= 4 is 39.5 Å². The van der Waals surface area contributed by atoms with Crippen molar-refractivity contribution in [2.75, 3.05) is 33.3 Å². The number of benzene rings is 3. The minimum absolute atomic E-state index is 0.282. The molecule has 4 aromatic rings. The van der Waals surface area contributed by atoms with Crippen molar-refractivity contribution in [1.82, 2.24) is 0 Å². The Balaban J connectivity index is 1.52. The van der Waals surface area contributed by atoms with Crippen molar-refractivity contribution in [1.29, 1.82) is 0 Å². The second-order valence-corrected chi connectivity index (χ2v) is 6.84. The molecule has 3 aromatic carbocycles. The van der Waals surface area contributed by atoms with Gasteiger partial charge in [0.25, 0.3) is 5.91 Å². The molecule has 0 unspecified atom stereocenters. The molecule has 164 valence electrons. The van der Waals surface area contributed by atoms with Crippen LogP contribution in [0.4, 0.5) is 5.69 Å². The highest BCUT2D eigenvalue weighted by molar-refractivity contribution is 6.07. The number of furan rings is 1. The Morgan fingerprint density at radius 1 is 0.844 bits per heavy atom. The van der Waals surface area contributed by atoms with Gasteiger partial charge in [-0.3, -0.25) is 4.79 Å². The number of anilines is 1. The molecule has 1 heterocycles. The lowest BCUT2D eigenvalue weighted by Gasteiger charge is -2.13. The fraction of sp³-hybridized carbons (Fsp3) is 0.167. The maximum absolute atomic E-state index is 12.5. The topological polar surface area (TPSA) is 96.2 Å². The first kappa shape index (κ1) is 21.0. The van der Waals surface area contributed by atoms with Crippen molar-refractivity contribution in [3.05, 3.63) is 60.2 Å². The van der Waals surface area contributed by atoms with Gasteiger partial charge < -0.3 is 28.7 Å². The lowest BCUT2D eigenvalue weighted by Crippen LogP contribution is -2.20. The maximum Gasteiger partial charge on any atom is 0.337 e. The third kappa shape index (κ3) is 4.02. The summed E-state index contributed by atoms with van der Waals surface area (Å²) in [5, 5.41) is 4.63. The molecule has 0 saturated carbocycles. The number of hydrogen-bond acceptors (Lipinski definition) is 7. The molecule has 0 aliphatic rings. The van der Waals surface area contributed by atoms with Crippen LogP contribution in [0.25, 0.3) is 21.9 Å². The summed E-state index contributed by atoms with van der Waals surface area (Å²) in [4.78, 5) is 24.2. The third-order valence-electron chi connectivity index (χ3n) is 4.92. The molecule has 0 aliphatic heterocycles. The van der Waals surface area contributed by atoms with E-state index in [1.165, 1.54) is 33.5 Å². The van der Waals surface area contributed by atoms with Gasteiger partial charge in [0.05, 0.1) is 32.6 Å². The predicted molar refractivity (Wildman–Crippen MR) is 119 cm³/mol. The van der Waals surface area contributed by atoms with Gasteiger partial charge in [0.1, 0.15) is 16.9 Å². The van der Waals surface area contributed by atoms with Crippen molar-refractivity contribution in [3.8, 4) is 17.2 Å². The molecule has 1 N–H and O–H groups in total. The van der Waals surface area contributed by atoms with Crippen LogP contribution < -0.4 is 19.5 Å². The average Bonchev–Trinajstić information content (AvgIpc) is 3.18. The highest BCUT2D eigenvalue weighted by atomic mass is 16.5. The van der Waals surface area contributed by atoms with Gasteiger partial charge in [-0.2, -0.15) is 0 Å². The largest absolute Gasteiger partial charge is 0.495 e. The Hall–Kier alpha value is -4.20. The number of hydrogen-bond donors (Lipinski definition) is 1. The maximum atomic E-state index is 12.5. The smallest absolute Gasteiger partial charge is 0.337 e. The van der Waals surface area contributed by atoms with Gasteiger partial charge in [0.15, 0.2) is 18.1 Å². The zero-order chi connectivity index (χ0) is 22.7. The van der Waals surface area contributed by atoms with Crippen molar-refractivity contribution < 1.29 is 33.0 Å². The van der Waals surface area contributed by atoms with Crippen LogP contribution in [0.5, 0.6) is 17.2 Å². The van der Waals surface area contributed by atoms with E-state index in [0.29, 0.717) is 34.1 Å². The summed E-state index contributed by atoms with van der Waals surface area (Å²) in [6.07, 6.45) is 0. The summed E-state index contributed by atoms with van der Waals surface area (Å²) in [5.41, 5.74) is 2.15. The van der Waals surface area contributed by atoms with E-state index in [4.69, 9.17) is 23.4 Å². The lowest BCUT2D eigenvalue weighted by atomic mass is 10.1. The molecule has 0 aliphatic carbocycles. The summed E-state index contributed by atoms with van der Waals surface area (Å²) < 4.78 is 26.9. The van der Waals surface area contributed by atoms with E-state index in [1.54, 1.807) is 12.1 Å². The van der Waals surface area contributed by atoms with Gasteiger partial charge >= 0.3 is 5.97 Å². The SMILES string of the molecule is COC(=O)c1ccc(OCC(=O)Nc2cc3oc4ccccc4c3cc2OC)c(OC)c1. The zero-order valence-electron chi connectivity index (χ0n) is 17.8. The van der Waals surface area contributed by atoms with Crippen molar-refractivity contribution in [2.45, 2.75) is 0 Å². The fourth-order valence-corrected chi connectivity index (χ4v) is 3.38. The molecular formula is C24H21NO7. The van der Waals surface area contributed by atoms with Crippen LogP contribution in [-0.4, -0.2) is 39.8 Å². The van der Waals surface area contributed by atoms with Crippen LogP contribution in [0, 0.1) is 0 Å².